The van der Waals surface area contributed by atoms with Crippen LogP contribution in [0.2, 0.25) is 0 Å². The van der Waals surface area contributed by atoms with E-state index in [-0.39, 0.29) is 11.8 Å². The molecule has 3 amide bonds. The Morgan fingerprint density at radius 3 is 2.28 bits per heavy atom. The fraction of sp³-hybridized carbons (Fsp3) is 0.722. The van der Waals surface area contributed by atoms with Gasteiger partial charge in [-0.25, -0.2) is 4.79 Å². The fourth-order valence-corrected chi connectivity index (χ4v) is 3.04. The van der Waals surface area contributed by atoms with Gasteiger partial charge in [-0.15, -0.1) is 0 Å². The second kappa shape index (κ2) is 10.7. The molecule has 0 bridgehead atoms. The van der Waals surface area contributed by atoms with E-state index in [1.807, 2.05) is 13.8 Å². The number of hydrogen-bond acceptors (Lipinski definition) is 6. The zero-order valence-corrected chi connectivity index (χ0v) is 16.9. The summed E-state index contributed by atoms with van der Waals surface area (Å²) < 4.78 is 0. The van der Waals surface area contributed by atoms with Crippen LogP contribution in [-0.2, 0) is 24.0 Å². The predicted octanol–water partition coefficient (Wildman–Crippen LogP) is -1.10. The van der Waals surface area contributed by atoms with E-state index >= 15 is 0 Å². The normalized spacial score (nSPS) is 20.3. The molecule has 0 saturated carbocycles. The van der Waals surface area contributed by atoms with Crippen LogP contribution in [0.1, 0.15) is 46.5 Å². The Kier molecular flexibility index (Phi) is 9.02. The fourth-order valence-electron chi connectivity index (χ4n) is 3.04. The summed E-state index contributed by atoms with van der Waals surface area (Å²) in [6, 6.07) is -4.21. The van der Waals surface area contributed by atoms with Crippen molar-refractivity contribution in [3.63, 3.8) is 0 Å². The van der Waals surface area contributed by atoms with Gasteiger partial charge < -0.3 is 31.5 Å². The minimum atomic E-state index is -1.61. The van der Waals surface area contributed by atoms with E-state index in [4.69, 9.17) is 15.9 Å². The summed E-state index contributed by atoms with van der Waals surface area (Å²) in [6.07, 6.45) is 0.975. The molecule has 1 aliphatic heterocycles. The Morgan fingerprint density at radius 2 is 1.76 bits per heavy atom. The second-order valence-electron chi connectivity index (χ2n) is 7.33. The molecule has 0 radical (unpaired) electrons. The summed E-state index contributed by atoms with van der Waals surface area (Å²) >= 11 is 0. The van der Waals surface area contributed by atoms with Gasteiger partial charge in [0.25, 0.3) is 0 Å². The highest BCUT2D eigenvalue weighted by Gasteiger charge is 2.38. The monoisotopic (exact) mass is 414 g/mol. The lowest BCUT2D eigenvalue weighted by molar-refractivity contribution is -0.147. The van der Waals surface area contributed by atoms with Crippen molar-refractivity contribution >= 4 is 29.7 Å². The average molecular weight is 414 g/mol. The van der Waals surface area contributed by atoms with Crippen molar-refractivity contribution in [3.8, 4) is 0 Å². The molecule has 11 nitrogen and oxygen atoms in total. The van der Waals surface area contributed by atoms with Crippen LogP contribution in [0.4, 0.5) is 0 Å². The van der Waals surface area contributed by atoms with Crippen molar-refractivity contribution in [2.45, 2.75) is 70.6 Å². The van der Waals surface area contributed by atoms with Gasteiger partial charge in [-0.05, 0) is 25.7 Å². The summed E-state index contributed by atoms with van der Waals surface area (Å²) in [7, 11) is 0. The molecule has 1 aliphatic rings. The van der Waals surface area contributed by atoms with Crippen LogP contribution in [0.5, 0.6) is 0 Å². The maximum Gasteiger partial charge on any atom is 0.326 e. The van der Waals surface area contributed by atoms with Crippen LogP contribution in [0.25, 0.3) is 0 Å². The standard InChI is InChI=1S/C18H30N4O7/c1-4-9(2)14(19)17(27)22-7-5-6-12(22)16(26)20-10(3)15(25)21-11(18(28)29)8-13(23)24/h9-12,14H,4-8,19H2,1-3H3,(H,20,26)(H,21,25)(H,23,24)(H,28,29). The first-order chi connectivity index (χ1) is 13.5. The Bertz CT molecular complexity index is 654. The van der Waals surface area contributed by atoms with Gasteiger partial charge >= 0.3 is 11.9 Å². The summed E-state index contributed by atoms with van der Waals surface area (Å²) in [5.41, 5.74) is 6.00. The van der Waals surface area contributed by atoms with Gasteiger partial charge in [-0.3, -0.25) is 19.2 Å². The highest BCUT2D eigenvalue weighted by Crippen LogP contribution is 2.20. The third-order valence-electron chi connectivity index (χ3n) is 5.13. The first-order valence-corrected chi connectivity index (χ1v) is 9.60. The third kappa shape index (κ3) is 6.70. The maximum absolute atomic E-state index is 12.6. The van der Waals surface area contributed by atoms with Gasteiger partial charge in [0.2, 0.25) is 17.7 Å². The highest BCUT2D eigenvalue weighted by atomic mass is 16.4. The van der Waals surface area contributed by atoms with Crippen LogP contribution in [-0.4, -0.2) is 75.5 Å². The van der Waals surface area contributed by atoms with Crippen LogP contribution in [0, 0.1) is 5.92 Å². The number of likely N-dealkylation sites (tertiary alicyclic amines) is 1. The zero-order chi connectivity index (χ0) is 22.3. The molecule has 164 valence electrons. The maximum atomic E-state index is 12.6. The van der Waals surface area contributed by atoms with Gasteiger partial charge in [-0.1, -0.05) is 20.3 Å². The van der Waals surface area contributed by atoms with Gasteiger partial charge in [0.15, 0.2) is 0 Å². The van der Waals surface area contributed by atoms with Gasteiger partial charge in [-0.2, -0.15) is 0 Å². The number of nitrogens with one attached hydrogen (secondary N) is 2. The van der Waals surface area contributed by atoms with E-state index in [1.54, 1.807) is 0 Å². The van der Waals surface area contributed by atoms with Crippen LogP contribution < -0.4 is 16.4 Å². The molecule has 1 saturated heterocycles. The zero-order valence-electron chi connectivity index (χ0n) is 16.9. The lowest BCUT2D eigenvalue weighted by Gasteiger charge is -2.29. The summed E-state index contributed by atoms with van der Waals surface area (Å²) in [6.45, 7) is 5.51. The van der Waals surface area contributed by atoms with Crippen LogP contribution in [0.3, 0.4) is 0 Å². The Balaban J connectivity index is 2.73. The van der Waals surface area contributed by atoms with E-state index in [9.17, 15) is 24.0 Å². The van der Waals surface area contributed by atoms with Crippen molar-refractivity contribution in [2.75, 3.05) is 6.54 Å². The summed E-state index contributed by atoms with van der Waals surface area (Å²) in [5, 5.41) is 22.3. The topological polar surface area (TPSA) is 179 Å². The number of nitrogens with two attached hydrogens (primary N) is 1. The molecule has 0 aromatic carbocycles. The number of hydrogen-bond donors (Lipinski definition) is 5. The predicted molar refractivity (Wildman–Crippen MR) is 102 cm³/mol. The quantitative estimate of drug-likeness (QED) is 0.299. The first-order valence-electron chi connectivity index (χ1n) is 9.60. The lowest BCUT2D eigenvalue weighted by Crippen LogP contribution is -2.56. The van der Waals surface area contributed by atoms with Crippen molar-refractivity contribution in [1.29, 1.82) is 0 Å². The molecule has 5 atom stereocenters. The van der Waals surface area contributed by atoms with Crippen LogP contribution in [0.15, 0.2) is 0 Å². The largest absolute Gasteiger partial charge is 0.481 e. The molecule has 0 aliphatic carbocycles. The van der Waals surface area contributed by atoms with E-state index in [0.717, 1.165) is 6.42 Å². The van der Waals surface area contributed by atoms with Crippen molar-refractivity contribution in [1.82, 2.24) is 15.5 Å². The average Bonchev–Trinajstić information content (AvgIpc) is 3.14. The lowest BCUT2D eigenvalue weighted by atomic mass is 9.98. The summed E-state index contributed by atoms with van der Waals surface area (Å²) in [4.78, 5) is 60.6. The molecule has 1 heterocycles. The molecule has 0 aromatic heterocycles. The van der Waals surface area contributed by atoms with E-state index in [0.29, 0.717) is 19.4 Å². The van der Waals surface area contributed by atoms with Crippen molar-refractivity contribution < 1.29 is 34.2 Å². The van der Waals surface area contributed by atoms with Crippen molar-refractivity contribution in [2.24, 2.45) is 11.7 Å². The smallest absolute Gasteiger partial charge is 0.326 e. The first kappa shape index (κ1) is 24.3. The molecule has 1 rings (SSSR count). The van der Waals surface area contributed by atoms with Crippen LogP contribution >= 0.6 is 0 Å². The number of rotatable bonds is 10. The number of amides is 3. The molecule has 11 heteroatoms. The van der Waals surface area contributed by atoms with Gasteiger partial charge in [0, 0.05) is 6.54 Å². The Hall–Kier alpha value is -2.69. The second-order valence-corrected chi connectivity index (χ2v) is 7.33. The Labute approximate surface area is 169 Å². The van der Waals surface area contributed by atoms with E-state index in [1.165, 1.54) is 11.8 Å². The highest BCUT2D eigenvalue weighted by molar-refractivity contribution is 5.94. The molecule has 5 unspecified atom stereocenters. The minimum absolute atomic E-state index is 0.0429. The van der Waals surface area contributed by atoms with E-state index in [2.05, 4.69) is 10.6 Å². The number of carbonyl (C=O) groups excluding carboxylic acids is 3. The number of carboxylic acid groups (broad SMARTS) is 2. The number of nitrogens with zero attached hydrogens (tertiary/aromatic N) is 1. The molecule has 29 heavy (non-hydrogen) atoms. The number of carbonyl (C=O) groups is 5. The molecular formula is C18H30N4O7. The molecule has 1 fully saturated rings. The van der Waals surface area contributed by atoms with E-state index < -0.39 is 54.3 Å². The molecular weight excluding hydrogens is 384 g/mol. The molecule has 6 N–H and O–H groups in total. The van der Waals surface area contributed by atoms with Gasteiger partial charge in [0.1, 0.15) is 18.1 Å². The number of carboxylic acids is 2. The minimum Gasteiger partial charge on any atom is -0.481 e. The SMILES string of the molecule is CCC(C)C(N)C(=O)N1CCCC1C(=O)NC(C)C(=O)NC(CC(=O)O)C(=O)O. The van der Waals surface area contributed by atoms with Crippen molar-refractivity contribution in [3.05, 3.63) is 0 Å². The third-order valence-corrected chi connectivity index (χ3v) is 5.13. The van der Waals surface area contributed by atoms with Gasteiger partial charge in [0.05, 0.1) is 12.5 Å². The number of aliphatic carboxylic acids is 2. The molecule has 0 aromatic rings. The Morgan fingerprint density at radius 1 is 1.14 bits per heavy atom. The summed E-state index contributed by atoms with van der Waals surface area (Å²) in [5.74, 6) is -4.61. The molecule has 0 spiro atoms.